The normalized spacial score (nSPS) is 12.9. The smallest absolute Gasteiger partial charge is 0.0628 e. The van der Waals surface area contributed by atoms with Crippen molar-refractivity contribution in [2.45, 2.75) is 46.1 Å². The average molecular weight is 289 g/mol. The van der Waals surface area contributed by atoms with Crippen LogP contribution in [-0.2, 0) is 26.9 Å². The second kappa shape index (κ2) is 6.43. The lowest BCUT2D eigenvalue weighted by molar-refractivity contribution is 0.502. The van der Waals surface area contributed by atoms with E-state index in [1.165, 1.54) is 17.0 Å². The summed E-state index contributed by atoms with van der Waals surface area (Å²) in [6.45, 7) is 6.29. The molecule has 1 unspecified atom stereocenters. The van der Waals surface area contributed by atoms with E-state index in [1.807, 2.05) is 37.4 Å². The fourth-order valence-corrected chi connectivity index (χ4v) is 2.95. The number of hydrogen-bond acceptors (Lipinski definition) is 3. The largest absolute Gasteiger partial charge is 0.317 e. The average Bonchev–Trinajstić information content (AvgIpc) is 2.86. The lowest BCUT2D eigenvalue weighted by atomic mass is 10.0. The molecule has 0 aliphatic heterocycles. The first-order valence-electron chi connectivity index (χ1n) is 7.58. The molecule has 2 aromatic rings. The highest BCUT2D eigenvalue weighted by Crippen LogP contribution is 2.16. The molecule has 0 saturated carbocycles. The highest BCUT2D eigenvalue weighted by Gasteiger charge is 2.14. The monoisotopic (exact) mass is 289 g/mol. The van der Waals surface area contributed by atoms with E-state index in [0.29, 0.717) is 6.04 Å². The molecular weight excluding hydrogens is 262 g/mol. The van der Waals surface area contributed by atoms with E-state index >= 15 is 0 Å². The summed E-state index contributed by atoms with van der Waals surface area (Å²) in [5.41, 5.74) is 6.19. The van der Waals surface area contributed by atoms with Crippen molar-refractivity contribution in [1.82, 2.24) is 24.9 Å². The summed E-state index contributed by atoms with van der Waals surface area (Å²) in [5, 5.41) is 12.4. The molecule has 2 heterocycles. The fraction of sp³-hybridized carbons (Fsp3) is 0.625. The Morgan fingerprint density at radius 2 is 1.86 bits per heavy atom. The van der Waals surface area contributed by atoms with Crippen molar-refractivity contribution in [2.24, 2.45) is 14.1 Å². The van der Waals surface area contributed by atoms with Crippen LogP contribution in [0.25, 0.3) is 0 Å². The molecule has 116 valence electrons. The van der Waals surface area contributed by atoms with E-state index < -0.39 is 0 Å². The highest BCUT2D eigenvalue weighted by molar-refractivity contribution is 5.24. The highest BCUT2D eigenvalue weighted by atomic mass is 15.3. The third-order valence-corrected chi connectivity index (χ3v) is 4.36. The molecule has 2 aromatic heterocycles. The lowest BCUT2D eigenvalue weighted by Gasteiger charge is -2.16. The molecule has 0 fully saturated rings. The Morgan fingerprint density at radius 1 is 1.14 bits per heavy atom. The van der Waals surface area contributed by atoms with Crippen molar-refractivity contribution < 1.29 is 0 Å². The van der Waals surface area contributed by atoms with E-state index in [1.54, 1.807) is 0 Å². The maximum Gasteiger partial charge on any atom is 0.0628 e. The lowest BCUT2D eigenvalue weighted by Crippen LogP contribution is -2.29. The zero-order valence-corrected chi connectivity index (χ0v) is 14.1. The molecule has 0 bridgehead atoms. The first-order valence-corrected chi connectivity index (χ1v) is 7.58. The van der Waals surface area contributed by atoms with Gasteiger partial charge >= 0.3 is 0 Å². The molecule has 0 radical (unpaired) electrons. The fourth-order valence-electron chi connectivity index (χ4n) is 2.95. The second-order valence-electron chi connectivity index (χ2n) is 5.90. The van der Waals surface area contributed by atoms with Gasteiger partial charge in [-0.25, -0.2) is 0 Å². The van der Waals surface area contributed by atoms with Gasteiger partial charge in [0, 0.05) is 37.9 Å². The standard InChI is InChI=1S/C16H27N5/c1-11-9-15(21(6)18-11)10-14(17-4)7-8-16-12(2)19-20(5)13(16)3/h9,14,17H,7-8,10H2,1-6H3. The molecule has 0 aliphatic carbocycles. The van der Waals surface area contributed by atoms with Crippen LogP contribution in [-0.4, -0.2) is 32.7 Å². The van der Waals surface area contributed by atoms with Crippen LogP contribution in [0.15, 0.2) is 6.07 Å². The van der Waals surface area contributed by atoms with Gasteiger partial charge in [0.2, 0.25) is 0 Å². The molecule has 1 N–H and O–H groups in total. The van der Waals surface area contributed by atoms with Gasteiger partial charge in [-0.05, 0) is 52.3 Å². The molecule has 0 aromatic carbocycles. The van der Waals surface area contributed by atoms with Crippen LogP contribution in [0.4, 0.5) is 0 Å². The maximum atomic E-state index is 4.50. The zero-order valence-electron chi connectivity index (χ0n) is 14.1. The Kier molecular flexibility index (Phi) is 4.83. The summed E-state index contributed by atoms with van der Waals surface area (Å²) in [6, 6.07) is 2.63. The first kappa shape index (κ1) is 15.8. The Labute approximate surface area is 127 Å². The number of likely N-dealkylation sites (N-methyl/N-ethyl adjacent to an activating group) is 1. The Hall–Kier alpha value is -1.62. The summed E-state index contributed by atoms with van der Waals surface area (Å²) in [6.07, 6.45) is 3.17. The molecule has 0 aliphatic rings. The molecule has 0 spiro atoms. The van der Waals surface area contributed by atoms with Gasteiger partial charge in [0.1, 0.15) is 0 Å². The number of aromatic nitrogens is 4. The Balaban J connectivity index is 2.01. The van der Waals surface area contributed by atoms with Gasteiger partial charge in [-0.1, -0.05) is 0 Å². The van der Waals surface area contributed by atoms with Crippen LogP contribution in [0.5, 0.6) is 0 Å². The van der Waals surface area contributed by atoms with Crippen LogP contribution in [0, 0.1) is 20.8 Å². The quantitative estimate of drug-likeness (QED) is 0.883. The molecule has 21 heavy (non-hydrogen) atoms. The number of nitrogens with zero attached hydrogens (tertiary/aromatic N) is 4. The van der Waals surface area contributed by atoms with Gasteiger partial charge in [-0.2, -0.15) is 10.2 Å². The van der Waals surface area contributed by atoms with Crippen molar-refractivity contribution in [2.75, 3.05) is 7.05 Å². The Morgan fingerprint density at radius 3 is 2.33 bits per heavy atom. The van der Waals surface area contributed by atoms with Gasteiger partial charge in [0.05, 0.1) is 11.4 Å². The SMILES string of the molecule is CNC(CCc1c(C)nn(C)c1C)Cc1cc(C)nn1C. The van der Waals surface area contributed by atoms with Crippen LogP contribution >= 0.6 is 0 Å². The minimum atomic E-state index is 0.457. The number of nitrogens with one attached hydrogen (secondary N) is 1. The van der Waals surface area contributed by atoms with Gasteiger partial charge in [0.15, 0.2) is 0 Å². The topological polar surface area (TPSA) is 47.7 Å². The summed E-state index contributed by atoms with van der Waals surface area (Å²) >= 11 is 0. The molecule has 0 saturated heterocycles. The van der Waals surface area contributed by atoms with Gasteiger partial charge in [0.25, 0.3) is 0 Å². The van der Waals surface area contributed by atoms with Crippen molar-refractivity contribution in [1.29, 1.82) is 0 Å². The molecule has 5 heteroatoms. The third-order valence-electron chi connectivity index (χ3n) is 4.36. The third kappa shape index (κ3) is 3.53. The predicted octanol–water partition coefficient (Wildman–Crippen LogP) is 1.84. The summed E-state index contributed by atoms with van der Waals surface area (Å²) in [4.78, 5) is 0. The van der Waals surface area contributed by atoms with Crippen LogP contribution in [0.2, 0.25) is 0 Å². The molecule has 5 nitrogen and oxygen atoms in total. The van der Waals surface area contributed by atoms with E-state index in [4.69, 9.17) is 0 Å². The molecule has 1 atom stereocenters. The van der Waals surface area contributed by atoms with Crippen molar-refractivity contribution in [3.05, 3.63) is 34.4 Å². The summed E-state index contributed by atoms with van der Waals surface area (Å²) in [7, 11) is 6.07. The van der Waals surface area contributed by atoms with Crippen LogP contribution < -0.4 is 5.32 Å². The number of rotatable bonds is 6. The number of aryl methyl sites for hydroxylation is 4. The van der Waals surface area contributed by atoms with E-state index in [-0.39, 0.29) is 0 Å². The first-order chi connectivity index (χ1) is 9.92. The van der Waals surface area contributed by atoms with Gasteiger partial charge in [-0.3, -0.25) is 9.36 Å². The van der Waals surface area contributed by atoms with Crippen molar-refractivity contribution in [3.8, 4) is 0 Å². The van der Waals surface area contributed by atoms with Crippen molar-refractivity contribution in [3.63, 3.8) is 0 Å². The predicted molar refractivity (Wildman–Crippen MR) is 85.5 cm³/mol. The van der Waals surface area contributed by atoms with Crippen molar-refractivity contribution >= 4 is 0 Å². The summed E-state index contributed by atoms with van der Waals surface area (Å²) < 4.78 is 3.96. The van der Waals surface area contributed by atoms with E-state index in [0.717, 1.165) is 30.7 Å². The van der Waals surface area contributed by atoms with Crippen LogP contribution in [0.3, 0.4) is 0 Å². The zero-order chi connectivity index (χ0) is 15.6. The molecule has 2 rings (SSSR count). The van der Waals surface area contributed by atoms with E-state index in [9.17, 15) is 0 Å². The second-order valence-corrected chi connectivity index (χ2v) is 5.90. The number of hydrogen-bond donors (Lipinski definition) is 1. The maximum absolute atomic E-state index is 4.50. The molecular formula is C16H27N5. The minimum absolute atomic E-state index is 0.457. The van der Waals surface area contributed by atoms with Crippen LogP contribution in [0.1, 0.15) is 34.8 Å². The van der Waals surface area contributed by atoms with E-state index in [2.05, 4.69) is 35.4 Å². The molecule has 0 amide bonds. The minimum Gasteiger partial charge on any atom is -0.317 e. The van der Waals surface area contributed by atoms with Gasteiger partial charge in [-0.15, -0.1) is 0 Å². The Bertz CT molecular complexity index is 608. The van der Waals surface area contributed by atoms with Gasteiger partial charge < -0.3 is 5.32 Å². The summed E-state index contributed by atoms with van der Waals surface area (Å²) in [5.74, 6) is 0.